The summed E-state index contributed by atoms with van der Waals surface area (Å²) in [6, 6.07) is 0.670. The number of hydrogen-bond donors (Lipinski definition) is 1. The molecule has 0 spiro atoms. The van der Waals surface area contributed by atoms with E-state index in [1.54, 1.807) is 11.9 Å². The summed E-state index contributed by atoms with van der Waals surface area (Å²) < 4.78 is 2.01. The van der Waals surface area contributed by atoms with Crippen LogP contribution in [0.2, 0.25) is 0 Å². The number of aryl methyl sites for hydroxylation is 1. The van der Waals surface area contributed by atoms with E-state index in [2.05, 4.69) is 31.2 Å². The monoisotopic (exact) mass is 361 g/mol. The Morgan fingerprint density at radius 1 is 1.35 bits per heavy atom. The number of amides is 3. The molecule has 7 heteroatoms. The number of nitrogens with zero attached hydrogens (tertiary/aromatic N) is 4. The van der Waals surface area contributed by atoms with Crippen LogP contribution in [-0.4, -0.2) is 57.7 Å². The van der Waals surface area contributed by atoms with Gasteiger partial charge >= 0.3 is 6.03 Å². The summed E-state index contributed by atoms with van der Waals surface area (Å²) in [5.74, 6) is 0.472. The van der Waals surface area contributed by atoms with Gasteiger partial charge in [0.25, 0.3) is 0 Å². The van der Waals surface area contributed by atoms with Gasteiger partial charge in [-0.1, -0.05) is 0 Å². The molecule has 2 heterocycles. The van der Waals surface area contributed by atoms with Crippen molar-refractivity contribution in [3.63, 3.8) is 0 Å². The molecular weight excluding hydrogens is 330 g/mol. The molecule has 7 nitrogen and oxygen atoms in total. The van der Waals surface area contributed by atoms with Crippen molar-refractivity contribution in [3.8, 4) is 0 Å². The summed E-state index contributed by atoms with van der Waals surface area (Å²) in [4.78, 5) is 28.2. The Kier molecular flexibility index (Phi) is 5.25. The predicted molar refractivity (Wildman–Crippen MR) is 99.8 cm³/mol. The molecular formula is C19H31N5O2. The van der Waals surface area contributed by atoms with E-state index >= 15 is 0 Å². The van der Waals surface area contributed by atoms with Crippen LogP contribution in [0.15, 0.2) is 0 Å². The molecule has 1 aliphatic heterocycles. The SMILES string of the molecule is Cc1nn(C(C)C)c(C)c1CN(C)C(=O)NCC1CC(=O)N(C2CC2)C1. The lowest BCUT2D eigenvalue weighted by atomic mass is 10.1. The fraction of sp³-hybridized carbons (Fsp3) is 0.737. The molecule has 2 fully saturated rings. The molecule has 0 aromatic carbocycles. The number of likely N-dealkylation sites (tertiary alicyclic amines) is 1. The number of carbonyl (C=O) groups is 2. The van der Waals surface area contributed by atoms with E-state index in [0.717, 1.165) is 36.3 Å². The Morgan fingerprint density at radius 2 is 2.04 bits per heavy atom. The zero-order chi connectivity index (χ0) is 19.0. The highest BCUT2D eigenvalue weighted by molar-refractivity contribution is 5.79. The highest BCUT2D eigenvalue weighted by Crippen LogP contribution is 2.32. The third-order valence-electron chi connectivity index (χ3n) is 5.47. The number of aromatic nitrogens is 2. The lowest BCUT2D eigenvalue weighted by Gasteiger charge is -2.20. The smallest absolute Gasteiger partial charge is 0.317 e. The van der Waals surface area contributed by atoms with E-state index in [4.69, 9.17) is 0 Å². The second-order valence-corrected chi connectivity index (χ2v) is 8.08. The molecule has 3 amide bonds. The molecule has 1 aromatic heterocycles. The van der Waals surface area contributed by atoms with Gasteiger partial charge < -0.3 is 15.1 Å². The van der Waals surface area contributed by atoms with Crippen LogP contribution in [0.25, 0.3) is 0 Å². The Hall–Kier alpha value is -2.05. The summed E-state index contributed by atoms with van der Waals surface area (Å²) in [6.07, 6.45) is 2.83. The first-order valence-electron chi connectivity index (χ1n) is 9.61. The summed E-state index contributed by atoms with van der Waals surface area (Å²) in [7, 11) is 1.80. The summed E-state index contributed by atoms with van der Waals surface area (Å²) >= 11 is 0. The Morgan fingerprint density at radius 3 is 2.62 bits per heavy atom. The van der Waals surface area contributed by atoms with Gasteiger partial charge in [-0.15, -0.1) is 0 Å². The Balaban J connectivity index is 1.51. The number of hydrogen-bond acceptors (Lipinski definition) is 3. The molecule has 0 bridgehead atoms. The molecule has 0 radical (unpaired) electrons. The summed E-state index contributed by atoms with van der Waals surface area (Å²) in [5, 5.41) is 7.58. The van der Waals surface area contributed by atoms with E-state index in [1.165, 1.54) is 0 Å². The standard InChI is InChI=1S/C19H31N5O2/c1-12(2)24-14(4)17(13(3)21-24)11-22(5)19(26)20-9-15-8-18(25)23(10-15)16-6-7-16/h12,15-16H,6-11H2,1-5H3,(H,20,26). The molecule has 1 N–H and O–H groups in total. The third kappa shape index (κ3) is 3.86. The first-order chi connectivity index (χ1) is 12.3. The summed E-state index contributed by atoms with van der Waals surface area (Å²) in [6.45, 7) is 10.1. The van der Waals surface area contributed by atoms with Crippen molar-refractivity contribution in [3.05, 3.63) is 17.0 Å². The van der Waals surface area contributed by atoms with Gasteiger partial charge in [0.15, 0.2) is 0 Å². The molecule has 1 unspecified atom stereocenters. The van der Waals surface area contributed by atoms with E-state index in [9.17, 15) is 9.59 Å². The van der Waals surface area contributed by atoms with Crippen molar-refractivity contribution in [1.82, 2.24) is 24.9 Å². The number of carbonyl (C=O) groups excluding carboxylic acids is 2. The molecule has 1 saturated carbocycles. The molecule has 3 rings (SSSR count). The van der Waals surface area contributed by atoms with Crippen molar-refractivity contribution in [2.24, 2.45) is 5.92 Å². The van der Waals surface area contributed by atoms with Gasteiger partial charge in [0.2, 0.25) is 5.91 Å². The highest BCUT2D eigenvalue weighted by Gasteiger charge is 2.39. The van der Waals surface area contributed by atoms with Crippen molar-refractivity contribution >= 4 is 11.9 Å². The fourth-order valence-electron chi connectivity index (χ4n) is 3.79. The average molecular weight is 361 g/mol. The normalized spacial score (nSPS) is 20.2. The maximum Gasteiger partial charge on any atom is 0.317 e. The van der Waals surface area contributed by atoms with Gasteiger partial charge in [-0.25, -0.2) is 4.79 Å². The zero-order valence-electron chi connectivity index (χ0n) is 16.6. The molecule has 1 saturated heterocycles. The third-order valence-corrected chi connectivity index (χ3v) is 5.47. The minimum absolute atomic E-state index is 0.0987. The van der Waals surface area contributed by atoms with E-state index < -0.39 is 0 Å². The molecule has 2 aliphatic rings. The maximum absolute atomic E-state index is 12.5. The van der Waals surface area contributed by atoms with Crippen LogP contribution in [0.5, 0.6) is 0 Å². The van der Waals surface area contributed by atoms with Crippen molar-refractivity contribution < 1.29 is 9.59 Å². The van der Waals surface area contributed by atoms with Crippen LogP contribution < -0.4 is 5.32 Å². The van der Waals surface area contributed by atoms with Crippen LogP contribution in [-0.2, 0) is 11.3 Å². The van der Waals surface area contributed by atoms with Gasteiger partial charge in [0, 0.05) is 55.8 Å². The second kappa shape index (κ2) is 7.29. The topological polar surface area (TPSA) is 70.5 Å². The summed E-state index contributed by atoms with van der Waals surface area (Å²) in [5.41, 5.74) is 3.18. The quantitative estimate of drug-likeness (QED) is 0.845. The van der Waals surface area contributed by atoms with Gasteiger partial charge in [0.05, 0.1) is 12.2 Å². The van der Waals surface area contributed by atoms with E-state index in [-0.39, 0.29) is 17.9 Å². The molecule has 1 aromatic rings. The van der Waals surface area contributed by atoms with E-state index in [1.807, 2.05) is 16.5 Å². The zero-order valence-corrected chi connectivity index (χ0v) is 16.6. The van der Waals surface area contributed by atoms with Gasteiger partial charge in [-0.3, -0.25) is 9.48 Å². The van der Waals surface area contributed by atoms with Crippen LogP contribution in [0.4, 0.5) is 4.79 Å². The average Bonchev–Trinajstić information content (AvgIpc) is 3.30. The minimum atomic E-state index is -0.0987. The Labute approximate surface area is 155 Å². The van der Waals surface area contributed by atoms with Crippen molar-refractivity contribution in [1.29, 1.82) is 0 Å². The molecule has 26 heavy (non-hydrogen) atoms. The first kappa shape index (κ1) is 18.7. The van der Waals surface area contributed by atoms with Crippen molar-refractivity contribution in [2.75, 3.05) is 20.1 Å². The number of nitrogens with one attached hydrogen (secondary N) is 1. The number of rotatable bonds is 6. The largest absolute Gasteiger partial charge is 0.339 e. The van der Waals surface area contributed by atoms with E-state index in [0.29, 0.717) is 31.6 Å². The maximum atomic E-state index is 12.5. The lowest BCUT2D eigenvalue weighted by molar-refractivity contribution is -0.128. The molecule has 1 aliphatic carbocycles. The van der Waals surface area contributed by atoms with Crippen LogP contribution in [0, 0.1) is 19.8 Å². The minimum Gasteiger partial charge on any atom is -0.339 e. The highest BCUT2D eigenvalue weighted by atomic mass is 16.2. The number of urea groups is 1. The van der Waals surface area contributed by atoms with Gasteiger partial charge in [0.1, 0.15) is 0 Å². The van der Waals surface area contributed by atoms with Crippen molar-refractivity contribution in [2.45, 2.75) is 65.6 Å². The lowest BCUT2D eigenvalue weighted by Crippen LogP contribution is -2.40. The molecule has 144 valence electrons. The van der Waals surface area contributed by atoms with Crippen LogP contribution in [0.3, 0.4) is 0 Å². The van der Waals surface area contributed by atoms with Crippen LogP contribution in [0.1, 0.15) is 56.1 Å². The van der Waals surface area contributed by atoms with Crippen LogP contribution >= 0.6 is 0 Å². The van der Waals surface area contributed by atoms with Gasteiger partial charge in [-0.2, -0.15) is 5.10 Å². The molecule has 1 atom stereocenters. The fourth-order valence-corrected chi connectivity index (χ4v) is 3.79. The second-order valence-electron chi connectivity index (χ2n) is 8.08. The first-order valence-corrected chi connectivity index (χ1v) is 9.61. The predicted octanol–water partition coefficient (Wildman–Crippen LogP) is 2.23. The Bertz CT molecular complexity index is 692. The van der Waals surface area contributed by atoms with Gasteiger partial charge in [-0.05, 0) is 40.5 Å².